The van der Waals surface area contributed by atoms with Crippen molar-refractivity contribution < 1.29 is 4.74 Å². The van der Waals surface area contributed by atoms with Gasteiger partial charge in [0.05, 0.1) is 7.11 Å². The first-order valence-corrected chi connectivity index (χ1v) is 7.39. The monoisotopic (exact) mass is 259 g/mol. The maximum Gasteiger partial charge on any atom is 0.123 e. The SMILES string of the molecule is CCC(NCCC1=CCCC1)c1ccccc1OC. The van der Waals surface area contributed by atoms with E-state index in [1.807, 2.05) is 12.1 Å². The maximum absolute atomic E-state index is 5.46. The second-order valence-electron chi connectivity index (χ2n) is 5.16. The van der Waals surface area contributed by atoms with Crippen LogP contribution < -0.4 is 10.1 Å². The average molecular weight is 259 g/mol. The van der Waals surface area contributed by atoms with Gasteiger partial charge in [-0.1, -0.05) is 36.8 Å². The molecule has 0 radical (unpaired) electrons. The van der Waals surface area contributed by atoms with Crippen LogP contribution in [0.4, 0.5) is 0 Å². The molecule has 0 bridgehead atoms. The molecule has 1 unspecified atom stereocenters. The molecule has 2 nitrogen and oxygen atoms in total. The Bertz CT molecular complexity index is 425. The molecule has 1 aliphatic carbocycles. The highest BCUT2D eigenvalue weighted by Crippen LogP contribution is 2.27. The topological polar surface area (TPSA) is 21.3 Å². The van der Waals surface area contributed by atoms with Gasteiger partial charge >= 0.3 is 0 Å². The van der Waals surface area contributed by atoms with Gasteiger partial charge in [0, 0.05) is 11.6 Å². The largest absolute Gasteiger partial charge is 0.496 e. The van der Waals surface area contributed by atoms with E-state index in [0.717, 1.165) is 18.7 Å². The lowest BCUT2D eigenvalue weighted by molar-refractivity contribution is 0.397. The normalized spacial score (nSPS) is 16.2. The molecular weight excluding hydrogens is 234 g/mol. The zero-order valence-electron chi connectivity index (χ0n) is 12.1. The summed E-state index contributed by atoms with van der Waals surface area (Å²) >= 11 is 0. The summed E-state index contributed by atoms with van der Waals surface area (Å²) in [4.78, 5) is 0. The van der Waals surface area contributed by atoms with Crippen LogP contribution in [0.25, 0.3) is 0 Å². The average Bonchev–Trinajstić information content (AvgIpc) is 2.97. The van der Waals surface area contributed by atoms with Crippen LogP contribution in [0.3, 0.4) is 0 Å². The van der Waals surface area contributed by atoms with Crippen LogP contribution in [-0.4, -0.2) is 13.7 Å². The van der Waals surface area contributed by atoms with Crippen molar-refractivity contribution in [3.8, 4) is 5.75 Å². The van der Waals surface area contributed by atoms with Crippen LogP contribution in [0.2, 0.25) is 0 Å². The molecule has 0 aliphatic heterocycles. The van der Waals surface area contributed by atoms with E-state index in [4.69, 9.17) is 4.74 Å². The van der Waals surface area contributed by atoms with Gasteiger partial charge in [-0.15, -0.1) is 0 Å². The summed E-state index contributed by atoms with van der Waals surface area (Å²) in [6, 6.07) is 8.70. The molecule has 2 rings (SSSR count). The Morgan fingerprint density at radius 1 is 1.32 bits per heavy atom. The van der Waals surface area contributed by atoms with Gasteiger partial charge in [0.1, 0.15) is 5.75 Å². The fraction of sp³-hybridized carbons (Fsp3) is 0.529. The molecule has 1 atom stereocenters. The molecule has 0 saturated carbocycles. The second-order valence-corrected chi connectivity index (χ2v) is 5.16. The molecule has 0 saturated heterocycles. The van der Waals surface area contributed by atoms with Crippen molar-refractivity contribution in [3.05, 3.63) is 41.5 Å². The minimum atomic E-state index is 0.387. The van der Waals surface area contributed by atoms with Crippen molar-refractivity contribution in [3.63, 3.8) is 0 Å². The number of ether oxygens (including phenoxy) is 1. The molecule has 1 aliphatic rings. The van der Waals surface area contributed by atoms with Gasteiger partial charge in [-0.3, -0.25) is 0 Å². The summed E-state index contributed by atoms with van der Waals surface area (Å²) in [5.41, 5.74) is 2.90. The number of hydrogen-bond donors (Lipinski definition) is 1. The highest BCUT2D eigenvalue weighted by Gasteiger charge is 2.13. The lowest BCUT2D eigenvalue weighted by Crippen LogP contribution is -2.22. The van der Waals surface area contributed by atoms with Crippen molar-refractivity contribution in [2.45, 2.75) is 45.1 Å². The van der Waals surface area contributed by atoms with E-state index in [1.165, 1.54) is 31.2 Å². The molecule has 1 aromatic carbocycles. The molecule has 2 heteroatoms. The zero-order chi connectivity index (χ0) is 13.5. The number of benzene rings is 1. The van der Waals surface area contributed by atoms with Gasteiger partial charge in [0.2, 0.25) is 0 Å². The summed E-state index contributed by atoms with van der Waals surface area (Å²) in [6.07, 6.45) is 8.60. The molecule has 0 amide bonds. The number of para-hydroxylation sites is 1. The van der Waals surface area contributed by atoms with Crippen molar-refractivity contribution in [1.29, 1.82) is 0 Å². The zero-order valence-corrected chi connectivity index (χ0v) is 12.1. The van der Waals surface area contributed by atoms with Crippen LogP contribution in [0, 0.1) is 0 Å². The fourth-order valence-corrected chi connectivity index (χ4v) is 2.80. The lowest BCUT2D eigenvalue weighted by atomic mass is 10.0. The Kier molecular flexibility index (Phi) is 5.46. The molecule has 0 spiro atoms. The molecule has 19 heavy (non-hydrogen) atoms. The number of methoxy groups -OCH3 is 1. The molecule has 1 N–H and O–H groups in total. The summed E-state index contributed by atoms with van der Waals surface area (Å²) in [6.45, 7) is 3.28. The van der Waals surface area contributed by atoms with E-state index in [-0.39, 0.29) is 0 Å². The van der Waals surface area contributed by atoms with E-state index >= 15 is 0 Å². The van der Waals surface area contributed by atoms with Crippen LogP contribution in [0.1, 0.15) is 50.6 Å². The molecule has 0 fully saturated rings. The third kappa shape index (κ3) is 3.84. The summed E-state index contributed by atoms with van der Waals surface area (Å²) in [7, 11) is 1.74. The van der Waals surface area contributed by atoms with Crippen molar-refractivity contribution in [2.24, 2.45) is 0 Å². The lowest BCUT2D eigenvalue weighted by Gasteiger charge is -2.20. The highest BCUT2D eigenvalue weighted by molar-refractivity contribution is 5.35. The quantitative estimate of drug-likeness (QED) is 0.740. The van der Waals surface area contributed by atoms with E-state index in [1.54, 1.807) is 12.7 Å². The Balaban J connectivity index is 1.91. The van der Waals surface area contributed by atoms with E-state index < -0.39 is 0 Å². The Morgan fingerprint density at radius 3 is 2.84 bits per heavy atom. The Labute approximate surface area is 116 Å². The molecule has 104 valence electrons. The highest BCUT2D eigenvalue weighted by atomic mass is 16.5. The van der Waals surface area contributed by atoms with Gasteiger partial charge in [0.25, 0.3) is 0 Å². The first kappa shape index (κ1) is 14.1. The minimum Gasteiger partial charge on any atom is -0.496 e. The number of hydrogen-bond acceptors (Lipinski definition) is 2. The van der Waals surface area contributed by atoms with Crippen LogP contribution >= 0.6 is 0 Å². The molecule has 0 aromatic heterocycles. The van der Waals surface area contributed by atoms with E-state index in [9.17, 15) is 0 Å². The standard InChI is InChI=1S/C17H25NO/c1-3-16(15-10-6-7-11-17(15)19-2)18-13-12-14-8-4-5-9-14/h6-8,10-11,16,18H,3-5,9,12-13H2,1-2H3. The number of nitrogens with one attached hydrogen (secondary N) is 1. The Morgan fingerprint density at radius 2 is 2.16 bits per heavy atom. The Hall–Kier alpha value is -1.28. The van der Waals surface area contributed by atoms with Crippen LogP contribution in [0.5, 0.6) is 5.75 Å². The van der Waals surface area contributed by atoms with Crippen molar-refractivity contribution in [2.75, 3.05) is 13.7 Å². The number of rotatable bonds is 7. The summed E-state index contributed by atoms with van der Waals surface area (Å²) in [5.74, 6) is 0.988. The van der Waals surface area contributed by atoms with Crippen molar-refractivity contribution in [1.82, 2.24) is 5.32 Å². The first-order valence-electron chi connectivity index (χ1n) is 7.39. The fourth-order valence-electron chi connectivity index (χ4n) is 2.80. The van der Waals surface area contributed by atoms with Gasteiger partial charge < -0.3 is 10.1 Å². The van der Waals surface area contributed by atoms with Gasteiger partial charge in [-0.05, 0) is 44.7 Å². The smallest absolute Gasteiger partial charge is 0.123 e. The molecule has 1 aromatic rings. The second kappa shape index (κ2) is 7.34. The predicted molar refractivity (Wildman–Crippen MR) is 80.6 cm³/mol. The molecule has 0 heterocycles. The minimum absolute atomic E-state index is 0.387. The first-order chi connectivity index (χ1) is 9.35. The maximum atomic E-state index is 5.46. The van der Waals surface area contributed by atoms with Gasteiger partial charge in [0.15, 0.2) is 0 Å². The van der Waals surface area contributed by atoms with Crippen molar-refractivity contribution >= 4 is 0 Å². The van der Waals surface area contributed by atoms with Gasteiger partial charge in [-0.25, -0.2) is 0 Å². The number of allylic oxidation sites excluding steroid dienone is 1. The van der Waals surface area contributed by atoms with Crippen LogP contribution in [-0.2, 0) is 0 Å². The third-order valence-corrected chi connectivity index (χ3v) is 3.89. The summed E-state index contributed by atoms with van der Waals surface area (Å²) < 4.78 is 5.46. The van der Waals surface area contributed by atoms with E-state index in [0.29, 0.717) is 6.04 Å². The summed E-state index contributed by atoms with van der Waals surface area (Å²) in [5, 5.41) is 3.67. The van der Waals surface area contributed by atoms with Gasteiger partial charge in [-0.2, -0.15) is 0 Å². The molecular formula is C17H25NO. The predicted octanol–water partition coefficient (Wildman–Crippen LogP) is 4.24. The van der Waals surface area contributed by atoms with E-state index in [2.05, 4.69) is 30.4 Å². The third-order valence-electron chi connectivity index (χ3n) is 3.89. The van der Waals surface area contributed by atoms with Crippen LogP contribution in [0.15, 0.2) is 35.9 Å².